The molecule has 1 aliphatic rings. The second kappa shape index (κ2) is 7.04. The summed E-state index contributed by atoms with van der Waals surface area (Å²) in [4.78, 5) is 9.06. The van der Waals surface area contributed by atoms with Crippen LogP contribution in [0.25, 0.3) is 11.3 Å². The monoisotopic (exact) mass is 343 g/mol. The maximum atomic E-state index is 8.85. The molecule has 118 valence electrons. The fourth-order valence-electron chi connectivity index (χ4n) is 2.36. The van der Waals surface area contributed by atoms with E-state index >= 15 is 0 Å². The first-order chi connectivity index (χ1) is 11.2. The van der Waals surface area contributed by atoms with Crippen LogP contribution in [0.4, 0.5) is 5.13 Å². The molecule has 0 radical (unpaired) electrons. The quantitative estimate of drug-likeness (QED) is 0.846. The van der Waals surface area contributed by atoms with Crippen molar-refractivity contribution in [1.29, 1.82) is 5.26 Å². The third-order valence-electron chi connectivity index (χ3n) is 3.82. The van der Waals surface area contributed by atoms with E-state index in [1.165, 1.54) is 11.3 Å². The maximum Gasteiger partial charge on any atom is 0.189 e. The van der Waals surface area contributed by atoms with Crippen molar-refractivity contribution in [3.8, 4) is 17.3 Å². The second-order valence-electron chi connectivity index (χ2n) is 5.45. The van der Waals surface area contributed by atoms with Crippen molar-refractivity contribution in [1.82, 2.24) is 14.8 Å². The van der Waals surface area contributed by atoms with E-state index in [1.807, 2.05) is 17.5 Å². The van der Waals surface area contributed by atoms with Crippen molar-refractivity contribution in [3.63, 3.8) is 0 Å². The summed E-state index contributed by atoms with van der Waals surface area (Å²) in [6, 6.07) is 9.55. The number of likely N-dealkylation sites (N-methyl/N-ethyl adjacent to an activating group) is 1. The number of benzene rings is 1. The van der Waals surface area contributed by atoms with Crippen molar-refractivity contribution in [2.75, 3.05) is 38.5 Å². The number of aromatic nitrogens is 1. The lowest BCUT2D eigenvalue weighted by molar-refractivity contribution is 0.217. The lowest BCUT2D eigenvalue weighted by Crippen LogP contribution is -2.48. The first-order valence-corrected chi connectivity index (χ1v) is 8.65. The van der Waals surface area contributed by atoms with E-state index in [9.17, 15) is 0 Å². The van der Waals surface area contributed by atoms with Gasteiger partial charge in [0.05, 0.1) is 17.3 Å². The highest BCUT2D eigenvalue weighted by atomic mass is 32.1. The zero-order chi connectivity index (χ0) is 16.2. The van der Waals surface area contributed by atoms with E-state index in [-0.39, 0.29) is 0 Å². The van der Waals surface area contributed by atoms with Crippen LogP contribution in [0.1, 0.15) is 5.56 Å². The Kier molecular flexibility index (Phi) is 4.86. The summed E-state index contributed by atoms with van der Waals surface area (Å²) in [5, 5.41) is 15.6. The van der Waals surface area contributed by atoms with Crippen LogP contribution in [0.15, 0.2) is 29.6 Å². The Morgan fingerprint density at radius 1 is 1.26 bits per heavy atom. The molecule has 0 unspecified atom stereocenters. The number of nitrogens with zero attached hydrogens (tertiary/aromatic N) is 4. The van der Waals surface area contributed by atoms with Gasteiger partial charge in [0.2, 0.25) is 0 Å². The number of hydrogen-bond acceptors (Lipinski definition) is 5. The van der Waals surface area contributed by atoms with Crippen molar-refractivity contribution in [3.05, 3.63) is 35.2 Å². The normalized spacial score (nSPS) is 15.2. The summed E-state index contributed by atoms with van der Waals surface area (Å²) in [5.74, 6) is 0. The van der Waals surface area contributed by atoms with Crippen molar-refractivity contribution < 1.29 is 0 Å². The van der Waals surface area contributed by atoms with Crippen LogP contribution in [0.5, 0.6) is 0 Å². The average molecular weight is 343 g/mol. The highest BCUT2D eigenvalue weighted by Crippen LogP contribution is 2.25. The zero-order valence-electron chi connectivity index (χ0n) is 12.8. The predicted octanol–water partition coefficient (Wildman–Crippen LogP) is 2.63. The van der Waals surface area contributed by atoms with Crippen LogP contribution in [0.3, 0.4) is 0 Å². The fraction of sp³-hybridized carbons (Fsp3) is 0.312. The van der Waals surface area contributed by atoms with Gasteiger partial charge in [0.25, 0.3) is 0 Å². The molecule has 0 atom stereocenters. The molecule has 1 aromatic heterocycles. The van der Waals surface area contributed by atoms with Crippen LogP contribution >= 0.6 is 23.6 Å². The number of thiocarbonyl (C=S) groups is 1. The van der Waals surface area contributed by atoms with Gasteiger partial charge < -0.3 is 15.1 Å². The standard InChI is InChI=1S/C16H17N5S2/c1-20-6-8-21(9-7-20)16(22)19-15-18-14(11-23-15)13-4-2-12(10-17)3-5-13/h2-5,11H,6-9H2,1H3,(H,18,19,22). The smallest absolute Gasteiger partial charge is 0.189 e. The Hall–Kier alpha value is -2.01. The number of nitrogens with one attached hydrogen (secondary N) is 1. The highest BCUT2D eigenvalue weighted by Gasteiger charge is 2.17. The number of piperazine rings is 1. The Morgan fingerprint density at radius 2 is 1.96 bits per heavy atom. The summed E-state index contributed by atoms with van der Waals surface area (Å²) in [5.41, 5.74) is 2.54. The molecule has 1 aliphatic heterocycles. The minimum Gasteiger partial charge on any atom is -0.346 e. The van der Waals surface area contributed by atoms with Gasteiger partial charge in [-0.05, 0) is 31.4 Å². The van der Waals surface area contributed by atoms with Gasteiger partial charge in [-0.15, -0.1) is 11.3 Å². The minimum atomic E-state index is 0.651. The van der Waals surface area contributed by atoms with E-state index in [4.69, 9.17) is 17.5 Å². The number of rotatable bonds is 2. The van der Waals surface area contributed by atoms with Crippen LogP contribution < -0.4 is 5.32 Å². The lowest BCUT2D eigenvalue weighted by Gasteiger charge is -2.33. The molecule has 0 aliphatic carbocycles. The molecular formula is C16H17N5S2. The molecule has 1 aromatic carbocycles. The molecule has 3 rings (SSSR count). The van der Waals surface area contributed by atoms with Gasteiger partial charge in [0.15, 0.2) is 10.2 Å². The van der Waals surface area contributed by atoms with Gasteiger partial charge in [-0.1, -0.05) is 12.1 Å². The third kappa shape index (κ3) is 3.85. The Balaban J connectivity index is 1.65. The minimum absolute atomic E-state index is 0.651. The number of anilines is 1. The van der Waals surface area contributed by atoms with E-state index in [0.29, 0.717) is 5.56 Å². The molecule has 1 saturated heterocycles. The van der Waals surface area contributed by atoms with Crippen molar-refractivity contribution in [2.45, 2.75) is 0 Å². The third-order valence-corrected chi connectivity index (χ3v) is 4.94. The van der Waals surface area contributed by atoms with Gasteiger partial charge in [0.1, 0.15) is 0 Å². The Bertz CT molecular complexity index is 724. The Morgan fingerprint density at radius 3 is 2.61 bits per heavy atom. The van der Waals surface area contributed by atoms with Gasteiger partial charge in [0, 0.05) is 37.1 Å². The molecular weight excluding hydrogens is 326 g/mol. The van der Waals surface area contributed by atoms with Crippen molar-refractivity contribution >= 4 is 33.8 Å². The SMILES string of the molecule is CN1CCN(C(=S)Nc2nc(-c3ccc(C#N)cc3)cs2)CC1. The van der Waals surface area contributed by atoms with Gasteiger partial charge >= 0.3 is 0 Å². The van der Waals surface area contributed by atoms with E-state index in [0.717, 1.165) is 47.7 Å². The second-order valence-corrected chi connectivity index (χ2v) is 6.69. The van der Waals surface area contributed by atoms with Gasteiger partial charge in [-0.2, -0.15) is 5.26 Å². The summed E-state index contributed by atoms with van der Waals surface area (Å²) in [6.45, 7) is 3.93. The first kappa shape index (κ1) is 15.9. The van der Waals surface area contributed by atoms with Crippen LogP contribution in [0, 0.1) is 11.3 Å². The van der Waals surface area contributed by atoms with Crippen molar-refractivity contribution in [2.24, 2.45) is 0 Å². The number of hydrogen-bond donors (Lipinski definition) is 1. The lowest BCUT2D eigenvalue weighted by atomic mass is 10.1. The maximum absolute atomic E-state index is 8.85. The predicted molar refractivity (Wildman–Crippen MR) is 97.6 cm³/mol. The molecule has 0 amide bonds. The van der Waals surface area contributed by atoms with E-state index < -0.39 is 0 Å². The largest absolute Gasteiger partial charge is 0.346 e. The fourth-order valence-corrected chi connectivity index (χ4v) is 3.42. The molecule has 7 heteroatoms. The molecule has 1 N–H and O–H groups in total. The van der Waals surface area contributed by atoms with Crippen LogP contribution in [-0.2, 0) is 0 Å². The molecule has 23 heavy (non-hydrogen) atoms. The number of nitriles is 1. The average Bonchev–Trinajstić information content (AvgIpc) is 3.04. The molecule has 0 spiro atoms. The first-order valence-electron chi connectivity index (χ1n) is 7.36. The summed E-state index contributed by atoms with van der Waals surface area (Å²) in [7, 11) is 2.12. The summed E-state index contributed by atoms with van der Waals surface area (Å²) < 4.78 is 0. The van der Waals surface area contributed by atoms with Gasteiger partial charge in [-0.25, -0.2) is 4.98 Å². The topological polar surface area (TPSA) is 55.2 Å². The molecule has 2 aromatic rings. The molecule has 0 saturated carbocycles. The number of thiazole rings is 1. The van der Waals surface area contributed by atoms with Crippen LogP contribution in [0.2, 0.25) is 0 Å². The summed E-state index contributed by atoms with van der Waals surface area (Å²) >= 11 is 7.02. The summed E-state index contributed by atoms with van der Waals surface area (Å²) in [6.07, 6.45) is 0. The zero-order valence-corrected chi connectivity index (χ0v) is 14.5. The van der Waals surface area contributed by atoms with Gasteiger partial charge in [-0.3, -0.25) is 0 Å². The Labute approximate surface area is 145 Å². The molecule has 0 bridgehead atoms. The molecule has 5 nitrogen and oxygen atoms in total. The molecule has 1 fully saturated rings. The van der Waals surface area contributed by atoms with Crippen LogP contribution in [-0.4, -0.2) is 53.1 Å². The highest BCUT2D eigenvalue weighted by molar-refractivity contribution is 7.80. The van der Waals surface area contributed by atoms with E-state index in [1.54, 1.807) is 12.1 Å². The molecule has 2 heterocycles. The van der Waals surface area contributed by atoms with E-state index in [2.05, 4.69) is 33.2 Å².